The summed E-state index contributed by atoms with van der Waals surface area (Å²) in [5.41, 5.74) is -0.671. The van der Waals surface area contributed by atoms with Crippen LogP contribution in [0.15, 0.2) is 12.5 Å². The van der Waals surface area contributed by atoms with E-state index < -0.39 is 29.4 Å². The standard InChI is InChI=1S/C17H29N3O5/c1-16(2,3)24-14(22)19(7)13(10-21)8-12-9-20(11-18-12)15(23)25-17(4,5)6/h9,11,13,21H,8,10H2,1-7H3. The summed E-state index contributed by atoms with van der Waals surface area (Å²) < 4.78 is 11.8. The summed E-state index contributed by atoms with van der Waals surface area (Å²) in [7, 11) is 1.56. The maximum absolute atomic E-state index is 12.1. The number of hydrogen-bond donors (Lipinski definition) is 1. The molecule has 1 aromatic heterocycles. The maximum Gasteiger partial charge on any atom is 0.419 e. The molecule has 8 heteroatoms. The van der Waals surface area contributed by atoms with E-state index in [2.05, 4.69) is 4.98 Å². The number of amides is 1. The van der Waals surface area contributed by atoms with Crippen LogP contribution >= 0.6 is 0 Å². The summed E-state index contributed by atoms with van der Waals surface area (Å²) in [4.78, 5) is 29.6. The van der Waals surface area contributed by atoms with E-state index in [9.17, 15) is 14.7 Å². The van der Waals surface area contributed by atoms with Crippen molar-refractivity contribution in [3.63, 3.8) is 0 Å². The summed E-state index contributed by atoms with van der Waals surface area (Å²) >= 11 is 0. The molecule has 1 aromatic rings. The van der Waals surface area contributed by atoms with Gasteiger partial charge in [0, 0.05) is 19.7 Å². The van der Waals surface area contributed by atoms with Gasteiger partial charge in [-0.3, -0.25) is 0 Å². The van der Waals surface area contributed by atoms with Crippen LogP contribution in [-0.4, -0.2) is 62.6 Å². The molecule has 1 amide bonds. The van der Waals surface area contributed by atoms with Gasteiger partial charge in [-0.1, -0.05) is 0 Å². The second kappa shape index (κ2) is 7.86. The van der Waals surface area contributed by atoms with E-state index in [1.54, 1.807) is 48.6 Å². The first-order valence-electron chi connectivity index (χ1n) is 8.15. The monoisotopic (exact) mass is 355 g/mol. The van der Waals surface area contributed by atoms with Gasteiger partial charge in [-0.2, -0.15) is 0 Å². The fourth-order valence-electron chi connectivity index (χ4n) is 1.93. The molecule has 8 nitrogen and oxygen atoms in total. The van der Waals surface area contributed by atoms with Gasteiger partial charge >= 0.3 is 12.2 Å². The Morgan fingerprint density at radius 3 is 2.24 bits per heavy atom. The Morgan fingerprint density at radius 2 is 1.76 bits per heavy atom. The average molecular weight is 355 g/mol. The number of nitrogens with zero attached hydrogens (tertiary/aromatic N) is 3. The molecule has 25 heavy (non-hydrogen) atoms. The molecule has 0 aliphatic heterocycles. The first kappa shape index (κ1) is 21.0. The van der Waals surface area contributed by atoms with E-state index >= 15 is 0 Å². The lowest BCUT2D eigenvalue weighted by molar-refractivity contribution is 0.0161. The maximum atomic E-state index is 12.1. The van der Waals surface area contributed by atoms with Gasteiger partial charge in [-0.05, 0) is 41.5 Å². The molecule has 0 fully saturated rings. The number of aliphatic hydroxyl groups excluding tert-OH is 1. The number of aliphatic hydroxyl groups is 1. The van der Waals surface area contributed by atoms with Gasteiger partial charge in [0.15, 0.2) is 0 Å². The van der Waals surface area contributed by atoms with Crippen molar-refractivity contribution in [1.82, 2.24) is 14.5 Å². The van der Waals surface area contributed by atoms with E-state index in [0.29, 0.717) is 5.69 Å². The lowest BCUT2D eigenvalue weighted by Gasteiger charge is -2.29. The number of imidazole rings is 1. The molecule has 0 spiro atoms. The Morgan fingerprint density at radius 1 is 1.20 bits per heavy atom. The van der Waals surface area contributed by atoms with Crippen LogP contribution in [0, 0.1) is 0 Å². The molecule has 1 heterocycles. The van der Waals surface area contributed by atoms with E-state index in [4.69, 9.17) is 9.47 Å². The third-order valence-electron chi connectivity index (χ3n) is 3.13. The van der Waals surface area contributed by atoms with Crippen LogP contribution < -0.4 is 0 Å². The van der Waals surface area contributed by atoms with Crippen molar-refractivity contribution in [2.24, 2.45) is 0 Å². The molecular formula is C17H29N3O5. The molecule has 0 bridgehead atoms. The highest BCUT2D eigenvalue weighted by Gasteiger charge is 2.26. The third kappa shape index (κ3) is 7.13. The van der Waals surface area contributed by atoms with E-state index in [-0.39, 0.29) is 13.0 Å². The predicted octanol–water partition coefficient (Wildman–Crippen LogP) is 2.44. The van der Waals surface area contributed by atoms with Crippen LogP contribution in [0.3, 0.4) is 0 Å². The Kier molecular flexibility index (Phi) is 6.59. The molecule has 0 saturated carbocycles. The van der Waals surface area contributed by atoms with Gasteiger partial charge in [0.2, 0.25) is 0 Å². The second-order valence-electron chi connectivity index (χ2n) is 7.88. The second-order valence-corrected chi connectivity index (χ2v) is 7.88. The fraction of sp³-hybridized carbons (Fsp3) is 0.706. The molecule has 1 rings (SSSR count). The minimum absolute atomic E-state index is 0.255. The predicted molar refractivity (Wildman–Crippen MR) is 92.4 cm³/mol. The number of likely N-dealkylation sites (N-methyl/N-ethyl adjacent to an activating group) is 1. The van der Waals surface area contributed by atoms with Crippen molar-refractivity contribution in [2.75, 3.05) is 13.7 Å². The zero-order valence-corrected chi connectivity index (χ0v) is 16.1. The van der Waals surface area contributed by atoms with E-state index in [1.165, 1.54) is 22.0 Å². The number of ether oxygens (including phenoxy) is 2. The largest absolute Gasteiger partial charge is 0.444 e. The van der Waals surface area contributed by atoms with Gasteiger partial charge < -0.3 is 19.5 Å². The van der Waals surface area contributed by atoms with E-state index in [0.717, 1.165) is 0 Å². The number of rotatable bonds is 4. The van der Waals surface area contributed by atoms with Crippen LogP contribution in [-0.2, 0) is 15.9 Å². The molecule has 0 saturated heterocycles. The van der Waals surface area contributed by atoms with Crippen molar-refractivity contribution < 1.29 is 24.2 Å². The summed E-state index contributed by atoms with van der Waals surface area (Å²) in [5.74, 6) is 0. The highest BCUT2D eigenvalue weighted by Crippen LogP contribution is 2.14. The smallest absolute Gasteiger partial charge is 0.419 e. The summed E-state index contributed by atoms with van der Waals surface area (Å²) in [6.07, 6.45) is 2.10. The molecule has 0 aliphatic rings. The first-order valence-corrected chi connectivity index (χ1v) is 8.15. The Hall–Kier alpha value is -2.09. The molecule has 1 unspecified atom stereocenters. The van der Waals surface area contributed by atoms with Crippen LogP contribution in [0.2, 0.25) is 0 Å². The van der Waals surface area contributed by atoms with Gasteiger partial charge in [0.05, 0.1) is 18.3 Å². The Labute approximate surface area is 148 Å². The van der Waals surface area contributed by atoms with Crippen molar-refractivity contribution in [3.8, 4) is 0 Å². The van der Waals surface area contributed by atoms with Gasteiger partial charge in [-0.25, -0.2) is 19.1 Å². The Bertz CT molecular complexity index is 598. The van der Waals surface area contributed by atoms with Crippen LogP contribution in [0.25, 0.3) is 0 Å². The van der Waals surface area contributed by atoms with Crippen LogP contribution in [0.1, 0.15) is 47.2 Å². The van der Waals surface area contributed by atoms with Crippen molar-refractivity contribution in [3.05, 3.63) is 18.2 Å². The first-order chi connectivity index (χ1) is 11.3. The minimum Gasteiger partial charge on any atom is -0.444 e. The molecular weight excluding hydrogens is 326 g/mol. The third-order valence-corrected chi connectivity index (χ3v) is 3.13. The average Bonchev–Trinajstić information content (AvgIpc) is 2.89. The molecule has 1 atom stereocenters. The van der Waals surface area contributed by atoms with Gasteiger partial charge in [0.1, 0.15) is 17.5 Å². The van der Waals surface area contributed by atoms with E-state index in [1.807, 2.05) is 0 Å². The number of carbonyl (C=O) groups is 2. The SMILES string of the molecule is CN(C(=O)OC(C)(C)C)C(CO)Cc1cn(C(=O)OC(C)(C)C)cn1. The molecule has 0 radical (unpaired) electrons. The summed E-state index contributed by atoms with van der Waals surface area (Å²) in [6.45, 7) is 10.4. The lowest BCUT2D eigenvalue weighted by atomic mass is 10.1. The quantitative estimate of drug-likeness (QED) is 0.891. The summed E-state index contributed by atoms with van der Waals surface area (Å²) in [5, 5.41) is 9.60. The van der Waals surface area contributed by atoms with Gasteiger partial charge in [-0.15, -0.1) is 0 Å². The zero-order chi connectivity index (χ0) is 19.4. The molecule has 0 aromatic carbocycles. The fourth-order valence-corrected chi connectivity index (χ4v) is 1.93. The number of hydrogen-bond acceptors (Lipinski definition) is 6. The number of carbonyl (C=O) groups excluding carboxylic acids is 2. The van der Waals surface area contributed by atoms with Crippen molar-refractivity contribution in [2.45, 2.75) is 65.2 Å². The summed E-state index contributed by atoms with van der Waals surface area (Å²) in [6, 6.07) is -0.517. The molecule has 142 valence electrons. The Balaban J connectivity index is 2.76. The highest BCUT2D eigenvalue weighted by atomic mass is 16.6. The van der Waals surface area contributed by atoms with Crippen molar-refractivity contribution >= 4 is 12.2 Å². The van der Waals surface area contributed by atoms with Crippen LogP contribution in [0.5, 0.6) is 0 Å². The molecule has 0 aliphatic carbocycles. The zero-order valence-electron chi connectivity index (χ0n) is 16.1. The van der Waals surface area contributed by atoms with Crippen molar-refractivity contribution in [1.29, 1.82) is 0 Å². The highest BCUT2D eigenvalue weighted by molar-refractivity contribution is 5.70. The van der Waals surface area contributed by atoms with Gasteiger partial charge in [0.25, 0.3) is 0 Å². The lowest BCUT2D eigenvalue weighted by Crippen LogP contribution is -2.43. The van der Waals surface area contributed by atoms with Crippen LogP contribution in [0.4, 0.5) is 9.59 Å². The topological polar surface area (TPSA) is 93.9 Å². The number of aromatic nitrogens is 2. The minimum atomic E-state index is -0.621. The normalized spacial score (nSPS) is 13.3. The molecule has 1 N–H and O–H groups in total.